The molecule has 5 nitrogen and oxygen atoms in total. The van der Waals surface area contributed by atoms with Crippen LogP contribution < -0.4 is 15.4 Å². The van der Waals surface area contributed by atoms with E-state index in [-0.39, 0.29) is 35.8 Å². The van der Waals surface area contributed by atoms with E-state index in [0.717, 1.165) is 11.1 Å². The zero-order valence-corrected chi connectivity index (χ0v) is 17.2. The van der Waals surface area contributed by atoms with Gasteiger partial charge < -0.3 is 15.4 Å². The predicted octanol–water partition coefficient (Wildman–Crippen LogP) is 3.58. The normalized spacial score (nSPS) is 12.1. The van der Waals surface area contributed by atoms with Crippen LogP contribution in [0.25, 0.3) is 0 Å². The van der Waals surface area contributed by atoms with Crippen LogP contribution in [0.2, 0.25) is 0 Å². The predicted molar refractivity (Wildman–Crippen MR) is 109 cm³/mol. The van der Waals surface area contributed by atoms with Crippen LogP contribution in [0, 0.1) is 12.7 Å². The Balaban J connectivity index is 0.00000312. The number of rotatable bonds is 5. The molecule has 2 aromatic rings. The number of aliphatic imine (C=N–C) groups is 1. The first kappa shape index (κ1) is 21.1. The second kappa shape index (κ2) is 10.2. The molecule has 1 atom stereocenters. The molecule has 0 spiro atoms. The first-order valence-electron chi connectivity index (χ1n) is 7.75. The van der Waals surface area contributed by atoms with Crippen LogP contribution in [-0.2, 0) is 6.54 Å². The SMILES string of the molecule is CN=C(NCc1ccc(OC)nc1)NC(C)c1ccc(C)c(F)c1.I. The highest BCUT2D eigenvalue weighted by molar-refractivity contribution is 14.0. The number of benzene rings is 1. The molecule has 2 N–H and O–H groups in total. The molecule has 1 heterocycles. The first-order valence-corrected chi connectivity index (χ1v) is 7.75. The minimum absolute atomic E-state index is 0. The molecule has 0 aliphatic heterocycles. The van der Waals surface area contributed by atoms with Crippen molar-refractivity contribution >= 4 is 29.9 Å². The van der Waals surface area contributed by atoms with Crippen molar-refractivity contribution in [3.05, 3.63) is 59.0 Å². The van der Waals surface area contributed by atoms with Crippen molar-refractivity contribution in [3.63, 3.8) is 0 Å². The van der Waals surface area contributed by atoms with Gasteiger partial charge in [0.05, 0.1) is 13.2 Å². The number of methoxy groups -OCH3 is 1. The zero-order valence-electron chi connectivity index (χ0n) is 14.8. The summed E-state index contributed by atoms with van der Waals surface area (Å²) in [5.41, 5.74) is 2.51. The average molecular weight is 458 g/mol. The van der Waals surface area contributed by atoms with Gasteiger partial charge in [-0.2, -0.15) is 0 Å². The molecule has 0 saturated carbocycles. The molecule has 7 heteroatoms. The van der Waals surface area contributed by atoms with Crippen LogP contribution in [0.15, 0.2) is 41.5 Å². The van der Waals surface area contributed by atoms with Crippen molar-refractivity contribution < 1.29 is 9.13 Å². The van der Waals surface area contributed by atoms with Crippen molar-refractivity contribution in [2.45, 2.75) is 26.4 Å². The Morgan fingerprint density at radius 2 is 2.08 bits per heavy atom. The van der Waals surface area contributed by atoms with Gasteiger partial charge in [-0.3, -0.25) is 4.99 Å². The minimum Gasteiger partial charge on any atom is -0.481 e. The molecule has 0 aliphatic rings. The summed E-state index contributed by atoms with van der Waals surface area (Å²) in [4.78, 5) is 8.36. The van der Waals surface area contributed by atoms with E-state index in [1.165, 1.54) is 0 Å². The standard InChI is InChI=1S/C18H23FN4O.HI/c1-12-5-7-15(9-16(12)19)13(2)23-18(20-3)22-11-14-6-8-17(24-4)21-10-14;/h5-10,13H,11H2,1-4H3,(H2,20,22,23);1H. The number of hydrogen-bond acceptors (Lipinski definition) is 3. The third-order valence-electron chi connectivity index (χ3n) is 3.74. The molecule has 1 aromatic heterocycles. The quantitative estimate of drug-likeness (QED) is 0.409. The number of hydrogen-bond donors (Lipinski definition) is 2. The highest BCUT2D eigenvalue weighted by atomic mass is 127. The van der Waals surface area contributed by atoms with Crippen LogP contribution in [0.4, 0.5) is 4.39 Å². The van der Waals surface area contributed by atoms with Gasteiger partial charge in [-0.25, -0.2) is 9.37 Å². The number of nitrogens with zero attached hydrogens (tertiary/aromatic N) is 2. The number of pyridine rings is 1. The average Bonchev–Trinajstić information content (AvgIpc) is 2.61. The summed E-state index contributed by atoms with van der Waals surface area (Å²) < 4.78 is 18.7. The summed E-state index contributed by atoms with van der Waals surface area (Å²) in [6.07, 6.45) is 1.75. The van der Waals surface area contributed by atoms with Crippen molar-refractivity contribution in [1.82, 2.24) is 15.6 Å². The Bertz CT molecular complexity index is 707. The van der Waals surface area contributed by atoms with Crippen LogP contribution in [0.3, 0.4) is 0 Å². The van der Waals surface area contributed by atoms with E-state index in [9.17, 15) is 4.39 Å². The number of aryl methyl sites for hydroxylation is 1. The molecule has 0 fully saturated rings. The molecule has 0 amide bonds. The maximum atomic E-state index is 13.7. The lowest BCUT2D eigenvalue weighted by atomic mass is 10.1. The largest absolute Gasteiger partial charge is 0.481 e. The smallest absolute Gasteiger partial charge is 0.212 e. The molecule has 0 radical (unpaired) electrons. The van der Waals surface area contributed by atoms with Gasteiger partial charge in [-0.05, 0) is 36.6 Å². The molecule has 0 bridgehead atoms. The van der Waals surface area contributed by atoms with Crippen molar-refractivity contribution in [2.24, 2.45) is 4.99 Å². The Kier molecular flexibility index (Phi) is 8.60. The molecular formula is C18H24FIN4O. The van der Waals surface area contributed by atoms with E-state index in [0.29, 0.717) is 23.9 Å². The lowest BCUT2D eigenvalue weighted by Gasteiger charge is -2.18. The summed E-state index contributed by atoms with van der Waals surface area (Å²) in [5, 5.41) is 6.46. The van der Waals surface area contributed by atoms with Crippen molar-refractivity contribution in [3.8, 4) is 5.88 Å². The van der Waals surface area contributed by atoms with Crippen LogP contribution >= 0.6 is 24.0 Å². The Labute approximate surface area is 165 Å². The van der Waals surface area contributed by atoms with Crippen LogP contribution in [0.5, 0.6) is 5.88 Å². The van der Waals surface area contributed by atoms with E-state index in [1.807, 2.05) is 25.1 Å². The number of nitrogens with one attached hydrogen (secondary N) is 2. The van der Waals surface area contributed by atoms with Crippen LogP contribution in [-0.4, -0.2) is 25.1 Å². The van der Waals surface area contributed by atoms with Crippen LogP contribution in [0.1, 0.15) is 29.7 Å². The van der Waals surface area contributed by atoms with Crippen molar-refractivity contribution in [1.29, 1.82) is 0 Å². The van der Waals surface area contributed by atoms with E-state index in [1.54, 1.807) is 39.4 Å². The first-order chi connectivity index (χ1) is 11.5. The Morgan fingerprint density at radius 3 is 2.64 bits per heavy atom. The second-order valence-electron chi connectivity index (χ2n) is 5.51. The lowest BCUT2D eigenvalue weighted by Crippen LogP contribution is -2.38. The van der Waals surface area contributed by atoms with E-state index >= 15 is 0 Å². The van der Waals surface area contributed by atoms with Gasteiger partial charge >= 0.3 is 0 Å². The number of ether oxygens (including phenoxy) is 1. The van der Waals surface area contributed by atoms with E-state index < -0.39 is 0 Å². The molecule has 1 aromatic carbocycles. The van der Waals surface area contributed by atoms with Crippen molar-refractivity contribution in [2.75, 3.05) is 14.2 Å². The second-order valence-corrected chi connectivity index (χ2v) is 5.51. The molecule has 0 saturated heterocycles. The number of aromatic nitrogens is 1. The zero-order chi connectivity index (χ0) is 17.5. The topological polar surface area (TPSA) is 58.5 Å². The fourth-order valence-electron chi connectivity index (χ4n) is 2.18. The highest BCUT2D eigenvalue weighted by Crippen LogP contribution is 2.16. The van der Waals surface area contributed by atoms with Gasteiger partial charge in [-0.1, -0.05) is 18.2 Å². The summed E-state index contributed by atoms with van der Waals surface area (Å²) in [6, 6.07) is 8.92. The van der Waals surface area contributed by atoms with Gasteiger partial charge in [-0.15, -0.1) is 24.0 Å². The minimum atomic E-state index is -0.201. The van der Waals surface area contributed by atoms with E-state index in [4.69, 9.17) is 4.74 Å². The molecule has 136 valence electrons. The molecule has 25 heavy (non-hydrogen) atoms. The fraction of sp³-hybridized carbons (Fsp3) is 0.333. The molecule has 2 rings (SSSR count). The summed E-state index contributed by atoms with van der Waals surface area (Å²) >= 11 is 0. The van der Waals surface area contributed by atoms with Gasteiger partial charge in [0.1, 0.15) is 5.82 Å². The summed E-state index contributed by atoms with van der Waals surface area (Å²) in [5.74, 6) is 1.02. The Hall–Kier alpha value is -1.90. The summed E-state index contributed by atoms with van der Waals surface area (Å²) in [6.45, 7) is 4.29. The summed E-state index contributed by atoms with van der Waals surface area (Å²) in [7, 11) is 3.28. The lowest BCUT2D eigenvalue weighted by molar-refractivity contribution is 0.397. The highest BCUT2D eigenvalue weighted by Gasteiger charge is 2.09. The third-order valence-corrected chi connectivity index (χ3v) is 3.74. The molecule has 0 aliphatic carbocycles. The molecule has 1 unspecified atom stereocenters. The monoisotopic (exact) mass is 458 g/mol. The van der Waals surface area contributed by atoms with Gasteiger partial charge in [0.15, 0.2) is 5.96 Å². The van der Waals surface area contributed by atoms with Gasteiger partial charge in [0, 0.05) is 25.9 Å². The Morgan fingerprint density at radius 1 is 1.32 bits per heavy atom. The fourth-order valence-corrected chi connectivity index (χ4v) is 2.18. The number of guanidine groups is 1. The van der Waals surface area contributed by atoms with Gasteiger partial charge in [0.2, 0.25) is 5.88 Å². The molecular weight excluding hydrogens is 434 g/mol. The van der Waals surface area contributed by atoms with E-state index in [2.05, 4.69) is 20.6 Å². The third kappa shape index (κ3) is 6.15. The number of halogens is 2. The maximum absolute atomic E-state index is 13.7. The van der Waals surface area contributed by atoms with Gasteiger partial charge in [0.25, 0.3) is 0 Å². The maximum Gasteiger partial charge on any atom is 0.212 e.